The normalized spacial score (nSPS) is 23.7. The van der Waals surface area contributed by atoms with Crippen LogP contribution in [0.1, 0.15) is 28.8 Å². The minimum atomic E-state index is -0.323. The molecule has 3 rings (SSSR count). The van der Waals surface area contributed by atoms with Gasteiger partial charge in [0.1, 0.15) is 5.82 Å². The third kappa shape index (κ3) is 2.05. The molecule has 1 aromatic carbocycles. The van der Waals surface area contributed by atoms with Crippen LogP contribution in [0.4, 0.5) is 10.1 Å². The van der Waals surface area contributed by atoms with Gasteiger partial charge in [0.25, 0.3) is 0 Å². The van der Waals surface area contributed by atoms with Gasteiger partial charge in [-0.15, -0.1) is 11.8 Å². The van der Waals surface area contributed by atoms with Crippen molar-refractivity contribution in [1.29, 1.82) is 0 Å². The lowest BCUT2D eigenvalue weighted by atomic mass is 9.99. The van der Waals surface area contributed by atoms with E-state index in [4.69, 9.17) is 5.73 Å². The van der Waals surface area contributed by atoms with Crippen molar-refractivity contribution in [1.82, 2.24) is 4.90 Å². The number of hydrogen-bond donors (Lipinski definition) is 1. The summed E-state index contributed by atoms with van der Waals surface area (Å²) in [5, 5.41) is 0. The highest BCUT2D eigenvalue weighted by Gasteiger charge is 2.36. The van der Waals surface area contributed by atoms with Crippen molar-refractivity contribution in [2.75, 3.05) is 24.6 Å². The molecule has 5 heteroatoms. The van der Waals surface area contributed by atoms with Crippen molar-refractivity contribution in [3.05, 3.63) is 23.0 Å². The Morgan fingerprint density at radius 1 is 1.42 bits per heavy atom. The van der Waals surface area contributed by atoms with Crippen molar-refractivity contribution in [2.24, 2.45) is 0 Å². The molecule has 1 unspecified atom stereocenters. The largest absolute Gasteiger partial charge is 0.398 e. The average molecular weight is 280 g/mol. The second-order valence-corrected chi connectivity index (χ2v) is 6.24. The Bertz CT molecular complexity index is 541. The maximum Gasteiger partial charge on any atom is 0.184 e. The van der Waals surface area contributed by atoms with E-state index in [1.54, 1.807) is 18.7 Å². The van der Waals surface area contributed by atoms with Crippen molar-refractivity contribution < 1.29 is 9.18 Å². The minimum absolute atomic E-state index is 0.0660. The van der Waals surface area contributed by atoms with Gasteiger partial charge in [0.2, 0.25) is 0 Å². The second-order valence-electron chi connectivity index (χ2n) is 5.21. The number of likely N-dealkylation sites (tertiary alicyclic amines) is 1. The number of benzene rings is 1. The summed E-state index contributed by atoms with van der Waals surface area (Å²) < 4.78 is 13.7. The summed E-state index contributed by atoms with van der Waals surface area (Å²) >= 11 is 1.56. The van der Waals surface area contributed by atoms with Gasteiger partial charge in [-0.2, -0.15) is 0 Å². The molecular weight excluding hydrogens is 263 g/mol. The smallest absolute Gasteiger partial charge is 0.184 e. The van der Waals surface area contributed by atoms with Crippen LogP contribution in [0.5, 0.6) is 0 Å². The van der Waals surface area contributed by atoms with Crippen molar-refractivity contribution in [3.63, 3.8) is 0 Å². The van der Waals surface area contributed by atoms with Gasteiger partial charge in [0, 0.05) is 16.3 Å². The van der Waals surface area contributed by atoms with Crippen LogP contribution in [0, 0.1) is 12.7 Å². The van der Waals surface area contributed by atoms with Crippen LogP contribution in [0.3, 0.4) is 0 Å². The van der Waals surface area contributed by atoms with Crippen LogP contribution in [0.2, 0.25) is 0 Å². The highest BCUT2D eigenvalue weighted by molar-refractivity contribution is 7.99. The number of halogens is 1. The predicted octanol–water partition coefficient (Wildman–Crippen LogP) is 2.47. The van der Waals surface area contributed by atoms with Crippen molar-refractivity contribution in [2.45, 2.75) is 30.7 Å². The van der Waals surface area contributed by atoms with E-state index in [1.807, 2.05) is 0 Å². The standard InChI is InChI=1S/C14H17FN2OS/c1-8-9(15)6-10(16)12-13(18)11(7-19-14(8)12)17-4-2-3-5-17/h6,11H,2-5,7,16H2,1H3. The molecule has 0 bridgehead atoms. The van der Waals surface area contributed by atoms with Gasteiger partial charge in [-0.3, -0.25) is 9.69 Å². The van der Waals surface area contributed by atoms with Crippen molar-refractivity contribution in [3.8, 4) is 0 Å². The molecule has 0 spiro atoms. The number of thioether (sulfide) groups is 1. The zero-order valence-corrected chi connectivity index (χ0v) is 11.7. The quantitative estimate of drug-likeness (QED) is 0.803. The van der Waals surface area contributed by atoms with Crippen LogP contribution >= 0.6 is 11.8 Å². The fourth-order valence-electron chi connectivity index (χ4n) is 2.91. The van der Waals surface area contributed by atoms with Crippen LogP contribution in [0.25, 0.3) is 0 Å². The maximum absolute atomic E-state index is 13.7. The molecule has 2 heterocycles. The number of carbonyl (C=O) groups is 1. The van der Waals surface area contributed by atoms with Crippen LogP contribution in [-0.4, -0.2) is 35.6 Å². The summed E-state index contributed by atoms with van der Waals surface area (Å²) in [6.07, 6.45) is 2.30. The van der Waals surface area contributed by atoms with Gasteiger partial charge >= 0.3 is 0 Å². The fraction of sp³-hybridized carbons (Fsp3) is 0.500. The first-order valence-corrected chi connectivity index (χ1v) is 7.58. The van der Waals surface area contributed by atoms with Crippen LogP contribution in [0.15, 0.2) is 11.0 Å². The van der Waals surface area contributed by atoms with E-state index < -0.39 is 0 Å². The van der Waals surface area contributed by atoms with E-state index in [9.17, 15) is 9.18 Å². The summed E-state index contributed by atoms with van der Waals surface area (Å²) in [5.74, 6) is 0.447. The zero-order valence-electron chi connectivity index (χ0n) is 10.9. The van der Waals surface area contributed by atoms with Gasteiger partial charge in [0.05, 0.1) is 11.6 Å². The number of Topliss-reactive ketones (excluding diaryl/α,β-unsaturated/α-hetero) is 1. The van der Waals surface area contributed by atoms with Gasteiger partial charge in [0.15, 0.2) is 5.78 Å². The van der Waals surface area contributed by atoms with E-state index in [0.29, 0.717) is 16.9 Å². The monoisotopic (exact) mass is 280 g/mol. The second kappa shape index (κ2) is 4.80. The van der Waals surface area contributed by atoms with E-state index in [0.717, 1.165) is 30.8 Å². The third-order valence-electron chi connectivity index (χ3n) is 4.01. The molecule has 1 fully saturated rings. The van der Waals surface area contributed by atoms with E-state index in [-0.39, 0.29) is 23.3 Å². The number of rotatable bonds is 1. The number of ketones is 1. The molecule has 2 aliphatic rings. The number of nitrogens with two attached hydrogens (primary N) is 1. The first-order valence-electron chi connectivity index (χ1n) is 6.59. The summed E-state index contributed by atoms with van der Waals surface area (Å²) in [5.41, 5.74) is 7.23. The Kier molecular flexibility index (Phi) is 3.27. The summed E-state index contributed by atoms with van der Waals surface area (Å²) in [7, 11) is 0. The minimum Gasteiger partial charge on any atom is -0.398 e. The SMILES string of the molecule is Cc1c(F)cc(N)c2c1SCC(N1CCCC1)C2=O. The lowest BCUT2D eigenvalue weighted by molar-refractivity contribution is 0.0865. The highest BCUT2D eigenvalue weighted by atomic mass is 32.2. The molecule has 0 radical (unpaired) electrons. The van der Waals surface area contributed by atoms with E-state index in [2.05, 4.69) is 4.90 Å². The van der Waals surface area contributed by atoms with E-state index in [1.165, 1.54) is 6.07 Å². The molecule has 1 aromatic rings. The topological polar surface area (TPSA) is 46.3 Å². The number of hydrogen-bond acceptors (Lipinski definition) is 4. The molecular formula is C14H17FN2OS. The highest BCUT2D eigenvalue weighted by Crippen LogP contribution is 2.39. The summed E-state index contributed by atoms with van der Waals surface area (Å²) in [6, 6.07) is 1.19. The zero-order chi connectivity index (χ0) is 13.6. The molecule has 0 aliphatic carbocycles. The molecule has 2 N–H and O–H groups in total. The molecule has 1 atom stereocenters. The van der Waals surface area contributed by atoms with Gasteiger partial charge in [-0.05, 0) is 44.5 Å². The molecule has 102 valence electrons. The summed E-state index contributed by atoms with van der Waals surface area (Å²) in [4.78, 5) is 15.6. The van der Waals surface area contributed by atoms with Gasteiger partial charge in [-0.1, -0.05) is 0 Å². The Morgan fingerprint density at radius 2 is 2.11 bits per heavy atom. The Morgan fingerprint density at radius 3 is 2.79 bits per heavy atom. The predicted molar refractivity (Wildman–Crippen MR) is 75.2 cm³/mol. The average Bonchev–Trinajstić information content (AvgIpc) is 2.89. The molecule has 19 heavy (non-hydrogen) atoms. The molecule has 2 aliphatic heterocycles. The molecule has 3 nitrogen and oxygen atoms in total. The Balaban J connectivity index is 2.01. The first-order chi connectivity index (χ1) is 9.09. The number of carbonyl (C=O) groups excluding carboxylic acids is 1. The molecule has 0 amide bonds. The maximum atomic E-state index is 13.7. The van der Waals surface area contributed by atoms with Gasteiger partial charge in [-0.25, -0.2) is 4.39 Å². The number of nitrogens with zero attached hydrogens (tertiary/aromatic N) is 1. The van der Waals surface area contributed by atoms with Crippen LogP contribution in [-0.2, 0) is 0 Å². The lowest BCUT2D eigenvalue weighted by Crippen LogP contribution is -2.43. The Hall–Kier alpha value is -1.07. The van der Waals surface area contributed by atoms with E-state index >= 15 is 0 Å². The number of nitrogen functional groups attached to an aromatic ring is 1. The number of fused-ring (bicyclic) bond motifs is 1. The summed E-state index contributed by atoms with van der Waals surface area (Å²) in [6.45, 7) is 3.67. The lowest BCUT2D eigenvalue weighted by Gasteiger charge is -2.31. The Labute approximate surface area is 116 Å². The molecule has 0 saturated carbocycles. The molecule has 0 aromatic heterocycles. The third-order valence-corrected chi connectivity index (χ3v) is 5.29. The van der Waals surface area contributed by atoms with Crippen molar-refractivity contribution >= 4 is 23.2 Å². The number of anilines is 1. The molecule has 1 saturated heterocycles. The van der Waals surface area contributed by atoms with Crippen LogP contribution < -0.4 is 5.73 Å². The fourth-order valence-corrected chi connectivity index (χ4v) is 4.27. The van der Waals surface area contributed by atoms with Gasteiger partial charge < -0.3 is 5.73 Å². The first kappa shape index (κ1) is 12.9.